The van der Waals surface area contributed by atoms with Gasteiger partial charge in [0.2, 0.25) is 0 Å². The maximum atomic E-state index is 5.99. The van der Waals surface area contributed by atoms with Gasteiger partial charge in [-0.3, -0.25) is 0 Å². The van der Waals surface area contributed by atoms with Gasteiger partial charge in [-0.1, -0.05) is 35.7 Å². The van der Waals surface area contributed by atoms with Crippen LogP contribution in [0.5, 0.6) is 5.75 Å². The molecule has 2 nitrogen and oxygen atoms in total. The highest BCUT2D eigenvalue weighted by atomic mass is 79.9. The molecule has 0 radical (unpaired) electrons. The van der Waals surface area contributed by atoms with Crippen LogP contribution in [-0.4, -0.2) is 19.2 Å². The molecule has 0 bridgehead atoms. The first-order valence-corrected chi connectivity index (χ1v) is 8.66. The molecule has 0 aromatic heterocycles. The summed E-state index contributed by atoms with van der Waals surface area (Å²) in [6.45, 7) is 4.51. The number of fused-ring (bicyclic) bond motifs is 1. The number of rotatable bonds is 4. The quantitative estimate of drug-likeness (QED) is 0.890. The first-order valence-electron chi connectivity index (χ1n) is 7.86. The third-order valence-corrected chi connectivity index (χ3v) is 5.20. The van der Waals surface area contributed by atoms with Crippen molar-refractivity contribution >= 4 is 15.9 Å². The molecule has 1 aromatic carbocycles. The molecular weight excluding hydrogens is 314 g/mol. The second-order valence-corrected chi connectivity index (χ2v) is 7.40. The van der Waals surface area contributed by atoms with Crippen LogP contribution in [0.1, 0.15) is 38.2 Å². The number of ether oxygens (including phenoxy) is 1. The maximum absolute atomic E-state index is 5.99. The third kappa shape index (κ3) is 3.56. The van der Waals surface area contributed by atoms with E-state index in [4.69, 9.17) is 4.74 Å². The van der Waals surface area contributed by atoms with Gasteiger partial charge in [0.25, 0.3) is 0 Å². The van der Waals surface area contributed by atoms with Crippen LogP contribution in [0.4, 0.5) is 0 Å². The summed E-state index contributed by atoms with van der Waals surface area (Å²) in [5.41, 5.74) is 1.33. The van der Waals surface area contributed by atoms with Crippen molar-refractivity contribution < 1.29 is 4.74 Å². The van der Waals surface area contributed by atoms with Crippen molar-refractivity contribution in [1.29, 1.82) is 0 Å². The molecule has 1 aromatic rings. The van der Waals surface area contributed by atoms with E-state index < -0.39 is 0 Å². The summed E-state index contributed by atoms with van der Waals surface area (Å²) in [6.07, 6.45) is 6.95. The molecular formula is C17H24BrNO. The fourth-order valence-corrected chi connectivity index (χ4v) is 3.79. The fraction of sp³-hybridized carbons (Fsp3) is 0.647. The molecule has 1 aliphatic heterocycles. The largest absolute Gasteiger partial charge is 0.488 e. The summed E-state index contributed by atoms with van der Waals surface area (Å²) in [7, 11) is 0. The Morgan fingerprint density at radius 1 is 1.20 bits per heavy atom. The highest BCUT2D eigenvalue weighted by Gasteiger charge is 2.23. The monoisotopic (exact) mass is 337 g/mol. The minimum Gasteiger partial charge on any atom is -0.488 e. The minimum absolute atomic E-state index is 0.307. The summed E-state index contributed by atoms with van der Waals surface area (Å²) < 4.78 is 7.13. The highest BCUT2D eigenvalue weighted by molar-refractivity contribution is 9.10. The maximum Gasteiger partial charge on any atom is 0.123 e. The molecule has 110 valence electrons. The fourth-order valence-electron chi connectivity index (χ4n) is 3.38. The van der Waals surface area contributed by atoms with Crippen molar-refractivity contribution in [2.75, 3.05) is 13.1 Å². The van der Waals surface area contributed by atoms with E-state index in [1.54, 1.807) is 0 Å². The zero-order valence-corrected chi connectivity index (χ0v) is 13.8. The number of hydrogen-bond acceptors (Lipinski definition) is 2. The van der Waals surface area contributed by atoms with E-state index in [2.05, 4.69) is 46.4 Å². The second kappa shape index (κ2) is 6.48. The van der Waals surface area contributed by atoms with Crippen molar-refractivity contribution in [3.05, 3.63) is 28.2 Å². The Labute approximate surface area is 130 Å². The summed E-state index contributed by atoms with van der Waals surface area (Å²) in [5, 5.41) is 3.62. The lowest BCUT2D eigenvalue weighted by Gasteiger charge is -2.26. The zero-order valence-electron chi connectivity index (χ0n) is 12.2. The normalized spacial score (nSPS) is 29.0. The molecule has 0 saturated heterocycles. The minimum atomic E-state index is 0.307. The average Bonchev–Trinajstić information content (AvgIpc) is 2.83. The van der Waals surface area contributed by atoms with Crippen LogP contribution in [0.2, 0.25) is 0 Å². The third-order valence-electron chi connectivity index (χ3n) is 4.70. The van der Waals surface area contributed by atoms with Crippen LogP contribution in [0, 0.1) is 11.8 Å². The van der Waals surface area contributed by atoms with Gasteiger partial charge in [0.05, 0.1) is 0 Å². The Bertz CT molecular complexity index is 454. The standard InChI is InChI=1S/C17H24BrNO/c1-12-2-4-13(5-3-12)10-19-11-16-9-14-8-15(18)6-7-17(14)20-16/h6-8,12-13,16,19H,2-5,9-11H2,1H3. The van der Waals surface area contributed by atoms with Gasteiger partial charge in [0.15, 0.2) is 0 Å². The van der Waals surface area contributed by atoms with Crippen molar-refractivity contribution in [3.8, 4) is 5.75 Å². The predicted molar refractivity (Wildman–Crippen MR) is 86.3 cm³/mol. The van der Waals surface area contributed by atoms with Gasteiger partial charge in [0.1, 0.15) is 11.9 Å². The van der Waals surface area contributed by atoms with Crippen molar-refractivity contribution in [2.24, 2.45) is 11.8 Å². The number of halogens is 1. The lowest BCUT2D eigenvalue weighted by molar-refractivity contribution is 0.216. The molecule has 1 heterocycles. The smallest absolute Gasteiger partial charge is 0.123 e. The van der Waals surface area contributed by atoms with Crippen molar-refractivity contribution in [1.82, 2.24) is 5.32 Å². The Hall–Kier alpha value is -0.540. The molecule has 3 rings (SSSR count). The summed E-state index contributed by atoms with van der Waals surface area (Å²) in [6, 6.07) is 6.30. The van der Waals surface area contributed by atoms with E-state index in [0.717, 1.165) is 41.6 Å². The van der Waals surface area contributed by atoms with Crippen LogP contribution in [0.15, 0.2) is 22.7 Å². The molecule has 1 saturated carbocycles. The first-order chi connectivity index (χ1) is 9.70. The van der Waals surface area contributed by atoms with Crippen molar-refractivity contribution in [2.45, 2.75) is 45.1 Å². The van der Waals surface area contributed by atoms with Crippen LogP contribution >= 0.6 is 15.9 Å². The molecule has 0 spiro atoms. The molecule has 1 fully saturated rings. The predicted octanol–water partition coefficient (Wildman–Crippen LogP) is 4.17. The average molecular weight is 338 g/mol. The van der Waals surface area contributed by atoms with E-state index in [0.29, 0.717) is 6.10 Å². The van der Waals surface area contributed by atoms with E-state index in [1.165, 1.54) is 31.2 Å². The SMILES string of the molecule is CC1CCC(CNCC2Cc3cc(Br)ccc3O2)CC1. The lowest BCUT2D eigenvalue weighted by Crippen LogP contribution is -2.34. The first kappa shape index (κ1) is 14.4. The Morgan fingerprint density at radius 2 is 2.00 bits per heavy atom. The molecule has 2 aliphatic rings. The van der Waals surface area contributed by atoms with Gasteiger partial charge in [-0.25, -0.2) is 0 Å². The Kier molecular flexibility index (Phi) is 4.67. The summed E-state index contributed by atoms with van der Waals surface area (Å²) in [4.78, 5) is 0. The van der Waals surface area contributed by atoms with Gasteiger partial charge in [0, 0.05) is 17.4 Å². The van der Waals surface area contributed by atoms with Gasteiger partial charge < -0.3 is 10.1 Å². The van der Waals surface area contributed by atoms with Gasteiger partial charge >= 0.3 is 0 Å². The lowest BCUT2D eigenvalue weighted by atomic mass is 9.83. The number of hydrogen-bond donors (Lipinski definition) is 1. The van der Waals surface area contributed by atoms with Gasteiger partial charge in [-0.2, -0.15) is 0 Å². The van der Waals surface area contributed by atoms with Crippen LogP contribution < -0.4 is 10.1 Å². The Balaban J connectivity index is 1.40. The molecule has 1 aliphatic carbocycles. The summed E-state index contributed by atoms with van der Waals surface area (Å²) >= 11 is 3.52. The topological polar surface area (TPSA) is 21.3 Å². The molecule has 3 heteroatoms. The van der Waals surface area contributed by atoms with E-state index in [9.17, 15) is 0 Å². The van der Waals surface area contributed by atoms with Crippen LogP contribution in [-0.2, 0) is 6.42 Å². The van der Waals surface area contributed by atoms with E-state index in [-0.39, 0.29) is 0 Å². The second-order valence-electron chi connectivity index (χ2n) is 6.48. The zero-order chi connectivity index (χ0) is 13.9. The van der Waals surface area contributed by atoms with E-state index in [1.807, 2.05) is 0 Å². The molecule has 0 amide bonds. The highest BCUT2D eigenvalue weighted by Crippen LogP contribution is 2.31. The van der Waals surface area contributed by atoms with Crippen molar-refractivity contribution in [3.63, 3.8) is 0 Å². The van der Waals surface area contributed by atoms with Crippen LogP contribution in [0.3, 0.4) is 0 Å². The molecule has 1 N–H and O–H groups in total. The summed E-state index contributed by atoms with van der Waals surface area (Å²) in [5.74, 6) is 2.88. The number of nitrogens with one attached hydrogen (secondary N) is 1. The molecule has 1 unspecified atom stereocenters. The van der Waals surface area contributed by atoms with Crippen LogP contribution in [0.25, 0.3) is 0 Å². The number of benzene rings is 1. The Morgan fingerprint density at radius 3 is 2.80 bits per heavy atom. The van der Waals surface area contributed by atoms with Gasteiger partial charge in [-0.05, 0) is 55.0 Å². The van der Waals surface area contributed by atoms with E-state index >= 15 is 0 Å². The van der Waals surface area contributed by atoms with Gasteiger partial charge in [-0.15, -0.1) is 0 Å². The molecule has 1 atom stereocenters. The molecule has 20 heavy (non-hydrogen) atoms.